The van der Waals surface area contributed by atoms with Gasteiger partial charge in [0.1, 0.15) is 0 Å². The SMILES string of the molecule is Cc1cc(C)nc(N(CCc2nn[nH]n2)S(=O)(=O)c2ccc(N=Cc3ccc(N(C)C)cc3)cc2)n1. The number of hydrogen-bond acceptors (Lipinski definition) is 9. The summed E-state index contributed by atoms with van der Waals surface area (Å²) < 4.78 is 28.4. The monoisotopic (exact) mass is 505 g/mol. The highest BCUT2D eigenvalue weighted by Crippen LogP contribution is 2.24. The maximum Gasteiger partial charge on any atom is 0.266 e. The normalized spacial score (nSPS) is 11.7. The van der Waals surface area contributed by atoms with E-state index in [0.717, 1.165) is 11.3 Å². The second kappa shape index (κ2) is 10.6. The molecule has 186 valence electrons. The van der Waals surface area contributed by atoms with Gasteiger partial charge in [-0.15, -0.1) is 10.2 Å². The summed E-state index contributed by atoms with van der Waals surface area (Å²) in [6.45, 7) is 3.64. The van der Waals surface area contributed by atoms with Crippen LogP contribution in [0.2, 0.25) is 0 Å². The lowest BCUT2D eigenvalue weighted by Crippen LogP contribution is -2.35. The summed E-state index contributed by atoms with van der Waals surface area (Å²) in [5.74, 6) is 0.488. The van der Waals surface area contributed by atoms with Gasteiger partial charge >= 0.3 is 0 Å². The van der Waals surface area contributed by atoms with E-state index in [-0.39, 0.29) is 23.8 Å². The van der Waals surface area contributed by atoms with Crippen LogP contribution in [0.1, 0.15) is 22.8 Å². The molecule has 0 fully saturated rings. The molecule has 2 heterocycles. The molecule has 1 N–H and O–H groups in total. The van der Waals surface area contributed by atoms with E-state index in [2.05, 4.69) is 35.6 Å². The van der Waals surface area contributed by atoms with Crippen LogP contribution in [-0.2, 0) is 16.4 Å². The molecule has 0 saturated heterocycles. The number of aromatic amines is 1. The maximum absolute atomic E-state index is 13.6. The van der Waals surface area contributed by atoms with Crippen molar-refractivity contribution < 1.29 is 8.42 Å². The zero-order chi connectivity index (χ0) is 25.7. The van der Waals surface area contributed by atoms with Gasteiger partial charge < -0.3 is 4.90 Å². The zero-order valence-electron chi connectivity index (χ0n) is 20.5. The molecule has 0 unspecified atom stereocenters. The van der Waals surface area contributed by atoms with Crippen molar-refractivity contribution in [3.63, 3.8) is 0 Å². The van der Waals surface area contributed by atoms with E-state index in [1.54, 1.807) is 38.3 Å². The van der Waals surface area contributed by atoms with E-state index in [9.17, 15) is 8.42 Å². The lowest BCUT2D eigenvalue weighted by molar-refractivity contribution is 0.588. The van der Waals surface area contributed by atoms with Crippen molar-refractivity contribution >= 4 is 33.6 Å². The van der Waals surface area contributed by atoms with Gasteiger partial charge in [-0.05, 0) is 61.9 Å². The van der Waals surface area contributed by atoms with Crippen LogP contribution in [0.5, 0.6) is 0 Å². The van der Waals surface area contributed by atoms with Crippen LogP contribution in [0.25, 0.3) is 0 Å². The van der Waals surface area contributed by atoms with Crippen molar-refractivity contribution in [1.82, 2.24) is 30.6 Å². The molecule has 0 radical (unpaired) electrons. The summed E-state index contributed by atoms with van der Waals surface area (Å²) in [5, 5.41) is 13.7. The number of nitrogens with one attached hydrogen (secondary N) is 1. The van der Waals surface area contributed by atoms with Crippen molar-refractivity contribution in [3.05, 3.63) is 77.4 Å². The van der Waals surface area contributed by atoms with E-state index in [1.165, 1.54) is 16.4 Å². The average molecular weight is 506 g/mol. The van der Waals surface area contributed by atoms with E-state index in [0.29, 0.717) is 22.9 Å². The summed E-state index contributed by atoms with van der Waals surface area (Å²) in [6, 6.07) is 16.1. The molecule has 0 spiro atoms. The molecular weight excluding hydrogens is 478 g/mol. The summed E-state index contributed by atoms with van der Waals surface area (Å²) >= 11 is 0. The van der Waals surface area contributed by atoms with E-state index in [1.807, 2.05) is 43.3 Å². The number of aliphatic imine (C=N–C) groups is 1. The third kappa shape index (κ3) is 5.89. The number of aryl methyl sites for hydroxylation is 2. The molecule has 0 amide bonds. The van der Waals surface area contributed by atoms with Gasteiger partial charge in [0.2, 0.25) is 5.95 Å². The fourth-order valence-electron chi connectivity index (χ4n) is 3.48. The number of tetrazole rings is 1. The van der Waals surface area contributed by atoms with Gasteiger partial charge in [0.05, 0.1) is 10.6 Å². The quantitative estimate of drug-likeness (QED) is 0.343. The highest BCUT2D eigenvalue weighted by molar-refractivity contribution is 7.92. The highest BCUT2D eigenvalue weighted by Gasteiger charge is 2.28. The number of sulfonamides is 1. The summed E-state index contributed by atoms with van der Waals surface area (Å²) in [4.78, 5) is 15.3. The fraction of sp³-hybridized carbons (Fsp3) is 0.250. The van der Waals surface area contributed by atoms with Gasteiger partial charge in [-0.1, -0.05) is 17.3 Å². The third-order valence-corrected chi connectivity index (χ3v) is 7.11. The number of anilines is 2. The molecule has 0 aliphatic carbocycles. The number of aromatic nitrogens is 6. The first-order valence-corrected chi connectivity index (χ1v) is 12.7. The Morgan fingerprint density at radius 1 is 0.972 bits per heavy atom. The Hall–Kier alpha value is -4.19. The van der Waals surface area contributed by atoms with Gasteiger partial charge in [0.25, 0.3) is 10.0 Å². The largest absolute Gasteiger partial charge is 0.378 e. The maximum atomic E-state index is 13.6. The molecule has 2 aromatic heterocycles. The first-order valence-electron chi connectivity index (χ1n) is 11.2. The van der Waals surface area contributed by atoms with Crippen molar-refractivity contribution in [2.75, 3.05) is 29.8 Å². The minimum absolute atomic E-state index is 0.0492. The minimum Gasteiger partial charge on any atom is -0.378 e. The molecule has 4 aromatic rings. The second-order valence-electron chi connectivity index (χ2n) is 8.34. The molecule has 0 aliphatic rings. The molecular formula is C24H27N9O2S. The number of hydrogen-bond donors (Lipinski definition) is 1. The van der Waals surface area contributed by atoms with E-state index < -0.39 is 10.0 Å². The molecule has 0 aliphatic heterocycles. The molecule has 11 nitrogen and oxygen atoms in total. The summed E-state index contributed by atoms with van der Waals surface area (Å²) in [7, 11) is -0.00508. The van der Waals surface area contributed by atoms with Gasteiger partial charge in [0.15, 0.2) is 5.82 Å². The van der Waals surface area contributed by atoms with Gasteiger partial charge in [-0.2, -0.15) is 5.21 Å². The van der Waals surface area contributed by atoms with Crippen LogP contribution in [0.3, 0.4) is 0 Å². The first kappa shape index (κ1) is 24.9. The van der Waals surface area contributed by atoms with Gasteiger partial charge in [-0.25, -0.2) is 22.7 Å². The Kier molecular flexibility index (Phi) is 7.34. The van der Waals surface area contributed by atoms with E-state index in [4.69, 9.17) is 0 Å². The van der Waals surface area contributed by atoms with E-state index >= 15 is 0 Å². The second-order valence-corrected chi connectivity index (χ2v) is 10.2. The van der Waals surface area contributed by atoms with Gasteiger partial charge in [0, 0.05) is 50.4 Å². The Labute approximate surface area is 210 Å². The minimum atomic E-state index is -3.97. The van der Waals surface area contributed by atoms with Crippen LogP contribution in [-0.4, -0.2) is 65.9 Å². The van der Waals surface area contributed by atoms with Crippen LogP contribution >= 0.6 is 0 Å². The Morgan fingerprint density at radius 2 is 1.64 bits per heavy atom. The first-order chi connectivity index (χ1) is 17.2. The van der Waals surface area contributed by atoms with Crippen molar-refractivity contribution in [2.24, 2.45) is 4.99 Å². The number of H-pyrrole nitrogens is 1. The third-order valence-electron chi connectivity index (χ3n) is 5.32. The van der Waals surface area contributed by atoms with Crippen LogP contribution < -0.4 is 9.21 Å². The lowest BCUT2D eigenvalue weighted by atomic mass is 10.2. The molecule has 12 heteroatoms. The molecule has 0 saturated carbocycles. The Morgan fingerprint density at radius 3 is 2.22 bits per heavy atom. The van der Waals surface area contributed by atoms with Crippen LogP contribution in [0.4, 0.5) is 17.3 Å². The predicted octanol–water partition coefficient (Wildman–Crippen LogP) is 2.86. The Bertz CT molecular complexity index is 1410. The fourth-order valence-corrected chi connectivity index (χ4v) is 4.84. The number of benzene rings is 2. The average Bonchev–Trinajstić information content (AvgIpc) is 3.36. The summed E-state index contributed by atoms with van der Waals surface area (Å²) in [5.41, 5.74) is 4.00. The standard InChI is InChI=1S/C24H27N9O2S/c1-17-15-18(2)27-24(26-17)33(14-13-23-28-30-31-29-23)36(34,35)22-11-7-20(8-12-22)25-16-19-5-9-21(10-6-19)32(3)4/h5-12,15-16H,13-14H2,1-4H3,(H,28,29,30,31). The molecule has 0 bridgehead atoms. The van der Waals surface area contributed by atoms with Crippen molar-refractivity contribution in [2.45, 2.75) is 25.2 Å². The zero-order valence-corrected chi connectivity index (χ0v) is 21.3. The molecule has 2 aromatic carbocycles. The summed E-state index contributed by atoms with van der Waals surface area (Å²) in [6.07, 6.45) is 1.98. The molecule has 4 rings (SSSR count). The smallest absolute Gasteiger partial charge is 0.266 e. The topological polar surface area (TPSA) is 133 Å². The Balaban J connectivity index is 1.58. The molecule has 0 atom stereocenters. The van der Waals surface area contributed by atoms with Gasteiger partial charge in [-0.3, -0.25) is 4.99 Å². The predicted molar refractivity (Wildman–Crippen MR) is 138 cm³/mol. The van der Waals surface area contributed by atoms with Crippen LogP contribution in [0, 0.1) is 13.8 Å². The molecule has 36 heavy (non-hydrogen) atoms. The number of nitrogens with zero attached hydrogens (tertiary/aromatic N) is 8. The number of rotatable bonds is 9. The van der Waals surface area contributed by atoms with Crippen molar-refractivity contribution in [3.8, 4) is 0 Å². The lowest BCUT2D eigenvalue weighted by Gasteiger charge is -2.22. The highest BCUT2D eigenvalue weighted by atomic mass is 32.2. The van der Waals surface area contributed by atoms with Crippen LogP contribution in [0.15, 0.2) is 64.5 Å². The van der Waals surface area contributed by atoms with Crippen molar-refractivity contribution in [1.29, 1.82) is 0 Å².